The largest absolute Gasteiger partial charge is 0.411 e. The fraction of sp³-hybridized carbons (Fsp3) is 0.333. The van der Waals surface area contributed by atoms with Gasteiger partial charge in [0.2, 0.25) is 0 Å². The minimum atomic E-state index is 0.838. The van der Waals surface area contributed by atoms with E-state index in [1.165, 1.54) is 6.21 Å². The van der Waals surface area contributed by atoms with Gasteiger partial charge in [-0.2, -0.15) is 5.10 Å². The van der Waals surface area contributed by atoms with Crippen molar-refractivity contribution in [3.05, 3.63) is 17.5 Å². The van der Waals surface area contributed by atoms with Crippen molar-refractivity contribution in [3.63, 3.8) is 0 Å². The van der Waals surface area contributed by atoms with Gasteiger partial charge in [-0.15, -0.1) is 0 Å². The van der Waals surface area contributed by atoms with Gasteiger partial charge in [-0.3, -0.25) is 4.68 Å². The van der Waals surface area contributed by atoms with Crippen LogP contribution in [-0.2, 0) is 7.05 Å². The molecule has 10 heavy (non-hydrogen) atoms. The molecule has 1 aromatic rings. The van der Waals surface area contributed by atoms with Crippen molar-refractivity contribution in [3.8, 4) is 0 Å². The predicted octanol–water partition coefficient (Wildman–Crippen LogP) is 0.537. The molecule has 0 fully saturated rings. The van der Waals surface area contributed by atoms with Gasteiger partial charge >= 0.3 is 0 Å². The highest BCUT2D eigenvalue weighted by Crippen LogP contribution is 1.99. The van der Waals surface area contributed by atoms with Crippen molar-refractivity contribution >= 4 is 6.21 Å². The zero-order valence-electron chi connectivity index (χ0n) is 5.94. The predicted molar refractivity (Wildman–Crippen MR) is 37.3 cm³/mol. The van der Waals surface area contributed by atoms with Crippen LogP contribution >= 0.6 is 0 Å². The Morgan fingerprint density at radius 3 is 2.90 bits per heavy atom. The van der Waals surface area contributed by atoms with Gasteiger partial charge in [0.25, 0.3) is 0 Å². The quantitative estimate of drug-likeness (QED) is 0.350. The zero-order chi connectivity index (χ0) is 7.56. The number of rotatable bonds is 1. The van der Waals surface area contributed by atoms with E-state index in [2.05, 4.69) is 10.3 Å². The van der Waals surface area contributed by atoms with Crippen LogP contribution in [0.3, 0.4) is 0 Å². The molecule has 1 aromatic heterocycles. The van der Waals surface area contributed by atoms with E-state index in [0.717, 1.165) is 11.3 Å². The second kappa shape index (κ2) is 2.51. The summed E-state index contributed by atoms with van der Waals surface area (Å²) >= 11 is 0. The first-order valence-corrected chi connectivity index (χ1v) is 2.91. The van der Waals surface area contributed by atoms with Crippen molar-refractivity contribution in [1.29, 1.82) is 0 Å². The Bertz CT molecular complexity index is 251. The SMILES string of the molecule is Cc1nn(C)cc1C=NO. The maximum Gasteiger partial charge on any atom is 0.0768 e. The monoisotopic (exact) mass is 139 g/mol. The first-order chi connectivity index (χ1) is 4.74. The van der Waals surface area contributed by atoms with Crippen LogP contribution < -0.4 is 0 Å². The number of nitrogens with zero attached hydrogens (tertiary/aromatic N) is 3. The van der Waals surface area contributed by atoms with Crippen LogP contribution in [0.4, 0.5) is 0 Å². The van der Waals surface area contributed by atoms with Gasteiger partial charge < -0.3 is 5.21 Å². The molecule has 4 nitrogen and oxygen atoms in total. The van der Waals surface area contributed by atoms with Gasteiger partial charge in [-0.1, -0.05) is 5.16 Å². The van der Waals surface area contributed by atoms with Crippen LogP contribution in [0.5, 0.6) is 0 Å². The summed E-state index contributed by atoms with van der Waals surface area (Å²) in [5.74, 6) is 0. The number of hydrogen-bond acceptors (Lipinski definition) is 3. The molecule has 0 atom stereocenters. The Kier molecular flexibility index (Phi) is 1.71. The highest BCUT2D eigenvalue weighted by Gasteiger charge is 1.97. The number of hydrogen-bond donors (Lipinski definition) is 1. The van der Waals surface area contributed by atoms with Crippen molar-refractivity contribution in [2.45, 2.75) is 6.92 Å². The van der Waals surface area contributed by atoms with E-state index in [1.807, 2.05) is 14.0 Å². The molecule has 0 aliphatic carbocycles. The molecule has 0 aliphatic rings. The summed E-state index contributed by atoms with van der Waals surface area (Å²) in [5, 5.41) is 15.1. The Hall–Kier alpha value is -1.32. The van der Waals surface area contributed by atoms with E-state index in [0.29, 0.717) is 0 Å². The van der Waals surface area contributed by atoms with Gasteiger partial charge in [-0.25, -0.2) is 0 Å². The van der Waals surface area contributed by atoms with Crippen LogP contribution in [0.2, 0.25) is 0 Å². The molecule has 0 radical (unpaired) electrons. The van der Waals surface area contributed by atoms with Crippen molar-refractivity contribution in [2.24, 2.45) is 12.2 Å². The van der Waals surface area contributed by atoms with E-state index in [1.54, 1.807) is 10.9 Å². The van der Waals surface area contributed by atoms with E-state index in [-0.39, 0.29) is 0 Å². The van der Waals surface area contributed by atoms with Crippen molar-refractivity contribution in [2.75, 3.05) is 0 Å². The Morgan fingerprint density at radius 2 is 2.50 bits per heavy atom. The first-order valence-electron chi connectivity index (χ1n) is 2.91. The Balaban J connectivity index is 3.03. The highest BCUT2D eigenvalue weighted by molar-refractivity contribution is 5.79. The van der Waals surface area contributed by atoms with Crippen molar-refractivity contribution in [1.82, 2.24) is 9.78 Å². The fourth-order valence-electron chi connectivity index (χ4n) is 0.807. The molecule has 0 aliphatic heterocycles. The summed E-state index contributed by atoms with van der Waals surface area (Å²) in [4.78, 5) is 0. The van der Waals surface area contributed by atoms with Gasteiger partial charge in [0, 0.05) is 18.8 Å². The minimum absolute atomic E-state index is 0.838. The maximum absolute atomic E-state index is 8.19. The number of aryl methyl sites for hydroxylation is 2. The van der Waals surface area contributed by atoms with Crippen LogP contribution in [-0.4, -0.2) is 21.2 Å². The summed E-state index contributed by atoms with van der Waals surface area (Å²) < 4.78 is 1.67. The molecule has 1 N–H and O–H groups in total. The summed E-state index contributed by atoms with van der Waals surface area (Å²) in [7, 11) is 1.82. The molecule has 0 aromatic carbocycles. The third kappa shape index (κ3) is 1.15. The van der Waals surface area contributed by atoms with E-state index < -0.39 is 0 Å². The van der Waals surface area contributed by atoms with Crippen molar-refractivity contribution < 1.29 is 5.21 Å². The Morgan fingerprint density at radius 1 is 1.80 bits per heavy atom. The molecular formula is C6H9N3O. The van der Waals surface area contributed by atoms with Crippen LogP contribution in [0, 0.1) is 6.92 Å². The fourth-order valence-corrected chi connectivity index (χ4v) is 0.807. The summed E-state index contributed by atoms with van der Waals surface area (Å²) in [6.45, 7) is 1.86. The lowest BCUT2D eigenvalue weighted by atomic mass is 10.3. The van der Waals surface area contributed by atoms with Crippen LogP contribution in [0.25, 0.3) is 0 Å². The summed E-state index contributed by atoms with van der Waals surface area (Å²) in [5.41, 5.74) is 1.70. The van der Waals surface area contributed by atoms with Gasteiger partial charge in [-0.05, 0) is 6.92 Å². The van der Waals surface area contributed by atoms with Crippen LogP contribution in [0.1, 0.15) is 11.3 Å². The molecule has 0 spiro atoms. The van der Waals surface area contributed by atoms with E-state index in [9.17, 15) is 0 Å². The molecular weight excluding hydrogens is 130 g/mol. The molecule has 0 unspecified atom stereocenters. The molecule has 54 valence electrons. The van der Waals surface area contributed by atoms with E-state index in [4.69, 9.17) is 5.21 Å². The first kappa shape index (κ1) is 6.80. The average molecular weight is 139 g/mol. The highest BCUT2D eigenvalue weighted by atomic mass is 16.4. The minimum Gasteiger partial charge on any atom is -0.411 e. The number of aromatic nitrogens is 2. The third-order valence-corrected chi connectivity index (χ3v) is 1.25. The number of oxime groups is 1. The summed E-state index contributed by atoms with van der Waals surface area (Å²) in [6.07, 6.45) is 3.15. The normalized spacial score (nSPS) is 11.0. The van der Waals surface area contributed by atoms with Gasteiger partial charge in [0.1, 0.15) is 0 Å². The Labute approximate surface area is 58.8 Å². The lowest BCUT2D eigenvalue weighted by Gasteiger charge is -1.80. The molecule has 1 rings (SSSR count). The van der Waals surface area contributed by atoms with E-state index >= 15 is 0 Å². The molecule has 0 saturated carbocycles. The average Bonchev–Trinajstić information content (AvgIpc) is 2.13. The maximum atomic E-state index is 8.19. The second-order valence-electron chi connectivity index (χ2n) is 2.09. The smallest absolute Gasteiger partial charge is 0.0768 e. The summed E-state index contributed by atoms with van der Waals surface area (Å²) in [6, 6.07) is 0. The van der Waals surface area contributed by atoms with Gasteiger partial charge in [0.15, 0.2) is 0 Å². The van der Waals surface area contributed by atoms with Gasteiger partial charge in [0.05, 0.1) is 11.9 Å². The topological polar surface area (TPSA) is 50.4 Å². The van der Waals surface area contributed by atoms with Crippen LogP contribution in [0.15, 0.2) is 11.4 Å². The molecule has 0 amide bonds. The molecule has 1 heterocycles. The lowest BCUT2D eigenvalue weighted by molar-refractivity contribution is 0.322. The molecule has 0 saturated heterocycles. The molecule has 4 heteroatoms. The molecule has 0 bridgehead atoms. The standard InChI is InChI=1S/C6H9N3O/c1-5-6(3-7-10)4-9(2)8-5/h3-4,10H,1-2H3. The lowest BCUT2D eigenvalue weighted by Crippen LogP contribution is -1.86. The zero-order valence-corrected chi connectivity index (χ0v) is 5.94. The second-order valence-corrected chi connectivity index (χ2v) is 2.09. The third-order valence-electron chi connectivity index (χ3n) is 1.25.